The number of amides is 2. The molecule has 0 aliphatic carbocycles. The van der Waals surface area contributed by atoms with E-state index in [1.807, 2.05) is 30.1 Å². The van der Waals surface area contributed by atoms with Crippen LogP contribution in [0.5, 0.6) is 5.75 Å². The Hall–Kier alpha value is -3.85. The van der Waals surface area contributed by atoms with E-state index in [2.05, 4.69) is 20.5 Å². The van der Waals surface area contributed by atoms with E-state index in [4.69, 9.17) is 9.47 Å². The average molecular weight is 460 g/mol. The number of nitrogens with one attached hydrogen (secondary N) is 2. The number of nitrogens with zero attached hydrogens (tertiary/aromatic N) is 3. The van der Waals surface area contributed by atoms with Crippen LogP contribution in [0.3, 0.4) is 0 Å². The van der Waals surface area contributed by atoms with Crippen molar-refractivity contribution >= 4 is 40.3 Å². The first-order valence-electron chi connectivity index (χ1n) is 11.4. The summed E-state index contributed by atoms with van der Waals surface area (Å²) in [6, 6.07) is 6.72. The van der Waals surface area contributed by atoms with Crippen LogP contribution in [-0.2, 0) is 11.8 Å². The minimum Gasteiger partial charge on any atom is -0.452 e. The smallest absolute Gasteiger partial charge is 0.318 e. The van der Waals surface area contributed by atoms with Crippen LogP contribution in [0.4, 0.5) is 16.2 Å². The summed E-state index contributed by atoms with van der Waals surface area (Å²) in [7, 11) is 3.49. The van der Waals surface area contributed by atoms with Crippen molar-refractivity contribution in [3.8, 4) is 5.75 Å². The van der Waals surface area contributed by atoms with Crippen molar-refractivity contribution in [1.82, 2.24) is 14.9 Å². The molecule has 6 rings (SSSR count). The number of ketones is 1. The van der Waals surface area contributed by atoms with Crippen molar-refractivity contribution < 1.29 is 19.1 Å². The summed E-state index contributed by atoms with van der Waals surface area (Å²) in [6.45, 7) is 1.70. The second-order valence-corrected chi connectivity index (χ2v) is 8.94. The van der Waals surface area contributed by atoms with Gasteiger partial charge in [0.15, 0.2) is 5.76 Å². The third-order valence-electron chi connectivity index (χ3n) is 6.69. The monoisotopic (exact) mass is 459 g/mol. The van der Waals surface area contributed by atoms with Gasteiger partial charge in [0.2, 0.25) is 5.78 Å². The summed E-state index contributed by atoms with van der Waals surface area (Å²) in [4.78, 5) is 31.8. The zero-order valence-corrected chi connectivity index (χ0v) is 19.0. The molecule has 34 heavy (non-hydrogen) atoms. The lowest BCUT2D eigenvalue weighted by Gasteiger charge is -2.34. The number of hydrogen-bond acceptors (Lipinski definition) is 6. The lowest BCUT2D eigenvalue weighted by molar-refractivity contribution is 0.0306. The third-order valence-corrected chi connectivity index (χ3v) is 6.69. The lowest BCUT2D eigenvalue weighted by Crippen LogP contribution is -2.42. The van der Waals surface area contributed by atoms with Crippen molar-refractivity contribution in [2.45, 2.75) is 25.0 Å². The maximum absolute atomic E-state index is 13.2. The number of rotatable bonds is 3. The summed E-state index contributed by atoms with van der Waals surface area (Å²) < 4.78 is 13.9. The first-order chi connectivity index (χ1) is 16.5. The molecule has 3 aliphatic rings. The Morgan fingerprint density at radius 1 is 1.21 bits per heavy atom. The van der Waals surface area contributed by atoms with Gasteiger partial charge < -0.3 is 29.6 Å². The average Bonchev–Trinajstić information content (AvgIpc) is 3.46. The number of urea groups is 1. The Bertz CT molecular complexity index is 1350. The topological polar surface area (TPSA) is 97.7 Å². The van der Waals surface area contributed by atoms with Gasteiger partial charge in [-0.15, -0.1) is 0 Å². The van der Waals surface area contributed by atoms with E-state index in [9.17, 15) is 9.59 Å². The minimum absolute atomic E-state index is 0.220. The Morgan fingerprint density at radius 3 is 2.76 bits per heavy atom. The molecule has 2 unspecified atom stereocenters. The van der Waals surface area contributed by atoms with Crippen molar-refractivity contribution in [3.05, 3.63) is 53.5 Å². The van der Waals surface area contributed by atoms with Crippen LogP contribution in [0.1, 0.15) is 28.8 Å². The molecular formula is C25H25N5O4. The molecule has 2 fully saturated rings. The zero-order valence-electron chi connectivity index (χ0n) is 19.0. The molecule has 0 radical (unpaired) electrons. The van der Waals surface area contributed by atoms with Crippen molar-refractivity contribution in [2.75, 3.05) is 30.4 Å². The van der Waals surface area contributed by atoms with Gasteiger partial charge >= 0.3 is 6.03 Å². The van der Waals surface area contributed by atoms with E-state index in [1.54, 1.807) is 24.3 Å². The molecule has 2 N–H and O–H groups in total. The van der Waals surface area contributed by atoms with Gasteiger partial charge in [-0.2, -0.15) is 0 Å². The van der Waals surface area contributed by atoms with Crippen LogP contribution in [0.25, 0.3) is 17.1 Å². The number of carbonyl (C=O) groups excluding carboxylic acids is 2. The Labute approximate surface area is 196 Å². The molecule has 1 aromatic carbocycles. The Balaban J connectivity index is 1.37. The molecule has 9 heteroatoms. The van der Waals surface area contributed by atoms with Crippen LogP contribution in [0.2, 0.25) is 0 Å². The normalized spacial score (nSPS) is 22.2. The maximum atomic E-state index is 13.2. The fourth-order valence-electron chi connectivity index (χ4n) is 5.11. The number of allylic oxidation sites excluding steroid dienone is 1. The van der Waals surface area contributed by atoms with Gasteiger partial charge in [-0.3, -0.25) is 4.79 Å². The van der Waals surface area contributed by atoms with Gasteiger partial charge in [0.1, 0.15) is 11.4 Å². The molecule has 5 heterocycles. The van der Waals surface area contributed by atoms with Gasteiger partial charge in [-0.1, -0.05) is 0 Å². The van der Waals surface area contributed by atoms with Gasteiger partial charge in [0, 0.05) is 56.2 Å². The SMILES string of the molecule is CNC(=O)Nc1ccc2c(c1)C(=O)/C(=C/c1cn(C)c3nccc(N4CC5CCC(C4)O5)c13)O2. The molecule has 174 valence electrons. The van der Waals surface area contributed by atoms with Crippen LogP contribution < -0.4 is 20.3 Å². The summed E-state index contributed by atoms with van der Waals surface area (Å²) in [5.41, 5.74) is 3.76. The number of benzene rings is 1. The summed E-state index contributed by atoms with van der Waals surface area (Å²) >= 11 is 0. The summed E-state index contributed by atoms with van der Waals surface area (Å²) in [6.07, 6.45) is 8.31. The third kappa shape index (κ3) is 3.40. The van der Waals surface area contributed by atoms with Crippen LogP contribution in [0.15, 0.2) is 42.4 Å². The Kier molecular flexibility index (Phi) is 4.80. The van der Waals surface area contributed by atoms with E-state index in [-0.39, 0.29) is 29.8 Å². The molecule has 2 bridgehead atoms. The summed E-state index contributed by atoms with van der Waals surface area (Å²) in [5.74, 6) is 0.501. The fourth-order valence-corrected chi connectivity index (χ4v) is 5.11. The van der Waals surface area contributed by atoms with Crippen molar-refractivity contribution in [3.63, 3.8) is 0 Å². The second kappa shape index (κ2) is 7.88. The highest BCUT2D eigenvalue weighted by atomic mass is 16.5. The predicted molar refractivity (Wildman–Crippen MR) is 128 cm³/mol. The number of Topliss-reactive ketones (excluding diaryl/α,β-unsaturated/α-hetero) is 1. The first kappa shape index (κ1) is 20.7. The lowest BCUT2D eigenvalue weighted by atomic mass is 10.1. The molecule has 2 saturated heterocycles. The van der Waals surface area contributed by atoms with Gasteiger partial charge in [0.05, 0.1) is 23.5 Å². The van der Waals surface area contributed by atoms with Crippen LogP contribution in [0, 0.1) is 0 Å². The molecular weight excluding hydrogens is 434 g/mol. The van der Waals surface area contributed by atoms with Gasteiger partial charge in [0.25, 0.3) is 0 Å². The predicted octanol–water partition coefficient (Wildman–Crippen LogP) is 3.31. The highest BCUT2D eigenvalue weighted by molar-refractivity contribution is 6.16. The molecule has 0 spiro atoms. The molecule has 0 saturated carbocycles. The second-order valence-electron chi connectivity index (χ2n) is 8.94. The number of anilines is 2. The highest BCUT2D eigenvalue weighted by Gasteiger charge is 2.35. The highest BCUT2D eigenvalue weighted by Crippen LogP contribution is 2.38. The molecule has 2 amide bonds. The standard InChI is InChI=1S/C25H25N5O4/c1-26-25(32)28-15-3-6-20-18(10-15)23(31)21(34-20)9-14-11-29(2)24-22(14)19(7-8-27-24)30-12-16-4-5-17(13-30)33-16/h3,6-11,16-17H,4-5,12-13H2,1-2H3,(H2,26,28,32)/b21-9-. The van der Waals surface area contributed by atoms with E-state index in [1.165, 1.54) is 7.05 Å². The quantitative estimate of drug-likeness (QED) is 0.584. The molecule has 9 nitrogen and oxygen atoms in total. The van der Waals surface area contributed by atoms with Crippen LogP contribution in [-0.4, -0.2) is 53.7 Å². The van der Waals surface area contributed by atoms with Gasteiger partial charge in [-0.25, -0.2) is 9.78 Å². The van der Waals surface area contributed by atoms with Crippen molar-refractivity contribution in [2.24, 2.45) is 7.05 Å². The van der Waals surface area contributed by atoms with Gasteiger partial charge in [-0.05, 0) is 43.2 Å². The number of morpholine rings is 1. The minimum atomic E-state index is -0.352. The number of hydrogen-bond donors (Lipinski definition) is 2. The maximum Gasteiger partial charge on any atom is 0.318 e. The molecule has 3 aromatic rings. The number of ether oxygens (including phenoxy) is 2. The van der Waals surface area contributed by atoms with Crippen molar-refractivity contribution in [1.29, 1.82) is 0 Å². The number of fused-ring (bicyclic) bond motifs is 4. The summed E-state index contributed by atoms with van der Waals surface area (Å²) in [5, 5.41) is 6.18. The largest absolute Gasteiger partial charge is 0.452 e. The number of aryl methyl sites for hydroxylation is 1. The molecule has 2 aromatic heterocycles. The van der Waals surface area contributed by atoms with Crippen LogP contribution >= 0.6 is 0 Å². The van der Waals surface area contributed by atoms with E-state index >= 15 is 0 Å². The van der Waals surface area contributed by atoms with E-state index < -0.39 is 0 Å². The zero-order chi connectivity index (χ0) is 23.4. The first-order valence-corrected chi connectivity index (χ1v) is 11.4. The number of aromatic nitrogens is 2. The number of carbonyl (C=O) groups is 2. The van der Waals surface area contributed by atoms with E-state index in [0.717, 1.165) is 48.2 Å². The molecule has 3 aliphatic heterocycles. The molecule has 2 atom stereocenters. The fraction of sp³-hybridized carbons (Fsp3) is 0.320. The Morgan fingerprint density at radius 2 is 2.00 bits per heavy atom. The number of pyridine rings is 1. The van der Waals surface area contributed by atoms with E-state index in [0.29, 0.717) is 17.0 Å².